The minimum absolute atomic E-state index is 0.0223. The van der Waals surface area contributed by atoms with Gasteiger partial charge in [0.1, 0.15) is 6.61 Å². The first-order valence-corrected chi connectivity index (χ1v) is 5.88. The SMILES string of the molecule is C=C(C)C(=O)OCCN(CCO)CCO.CC. The van der Waals surface area contributed by atoms with Crippen molar-refractivity contribution in [1.82, 2.24) is 4.90 Å². The third-order valence-electron chi connectivity index (χ3n) is 1.82. The second-order valence-corrected chi connectivity index (χ2v) is 3.21. The van der Waals surface area contributed by atoms with E-state index in [1.54, 1.807) is 6.92 Å². The molecule has 0 aromatic carbocycles. The predicted octanol–water partition coefficient (Wildman–Crippen LogP) is 0.418. The lowest BCUT2D eigenvalue weighted by atomic mass is 10.4. The van der Waals surface area contributed by atoms with E-state index in [0.29, 0.717) is 25.2 Å². The van der Waals surface area contributed by atoms with E-state index in [-0.39, 0.29) is 19.8 Å². The Morgan fingerprint density at radius 2 is 1.65 bits per heavy atom. The molecule has 0 saturated heterocycles. The number of nitrogens with zero attached hydrogens (tertiary/aromatic N) is 1. The molecule has 5 heteroatoms. The van der Waals surface area contributed by atoms with Crippen LogP contribution < -0.4 is 0 Å². The average molecular weight is 247 g/mol. The van der Waals surface area contributed by atoms with Gasteiger partial charge in [-0.05, 0) is 6.92 Å². The molecule has 0 amide bonds. The van der Waals surface area contributed by atoms with E-state index in [2.05, 4.69) is 6.58 Å². The van der Waals surface area contributed by atoms with Crippen LogP contribution in [0.4, 0.5) is 0 Å². The highest BCUT2D eigenvalue weighted by Gasteiger charge is 2.06. The highest BCUT2D eigenvalue weighted by molar-refractivity contribution is 5.86. The van der Waals surface area contributed by atoms with E-state index in [0.717, 1.165) is 0 Å². The molecule has 17 heavy (non-hydrogen) atoms. The van der Waals surface area contributed by atoms with Crippen molar-refractivity contribution in [3.8, 4) is 0 Å². The number of aliphatic hydroxyl groups excluding tert-OH is 2. The Morgan fingerprint density at radius 3 is 2.00 bits per heavy atom. The van der Waals surface area contributed by atoms with Crippen LogP contribution in [0.1, 0.15) is 20.8 Å². The van der Waals surface area contributed by atoms with Crippen molar-refractivity contribution in [1.29, 1.82) is 0 Å². The molecule has 0 aliphatic carbocycles. The fourth-order valence-corrected chi connectivity index (χ4v) is 1.01. The Morgan fingerprint density at radius 1 is 1.18 bits per heavy atom. The molecular formula is C12H25NO4. The fraction of sp³-hybridized carbons (Fsp3) is 0.750. The average Bonchev–Trinajstić information content (AvgIpc) is 2.32. The smallest absolute Gasteiger partial charge is 0.333 e. The van der Waals surface area contributed by atoms with Crippen molar-refractivity contribution < 1.29 is 19.7 Å². The maximum atomic E-state index is 11.0. The summed E-state index contributed by atoms with van der Waals surface area (Å²) in [6.45, 7) is 10.8. The van der Waals surface area contributed by atoms with Crippen LogP contribution in [-0.2, 0) is 9.53 Å². The third kappa shape index (κ3) is 11.4. The topological polar surface area (TPSA) is 70.0 Å². The van der Waals surface area contributed by atoms with Crippen molar-refractivity contribution in [3.63, 3.8) is 0 Å². The van der Waals surface area contributed by atoms with Gasteiger partial charge in [-0.2, -0.15) is 0 Å². The quantitative estimate of drug-likeness (QED) is 0.480. The number of rotatable bonds is 8. The van der Waals surface area contributed by atoms with E-state index in [9.17, 15) is 4.79 Å². The Bertz CT molecular complexity index is 201. The highest BCUT2D eigenvalue weighted by atomic mass is 16.5. The standard InChI is InChI=1S/C10H19NO4.C2H6/c1-9(2)10(14)15-8-5-11(3-6-12)4-7-13;1-2/h12-13H,1,3-8H2,2H3;1-2H3. The van der Waals surface area contributed by atoms with Crippen LogP contribution in [0.15, 0.2) is 12.2 Å². The third-order valence-corrected chi connectivity index (χ3v) is 1.82. The summed E-state index contributed by atoms with van der Waals surface area (Å²) < 4.78 is 4.88. The number of aliphatic hydroxyl groups is 2. The molecule has 0 aromatic heterocycles. The van der Waals surface area contributed by atoms with E-state index >= 15 is 0 Å². The first-order valence-electron chi connectivity index (χ1n) is 5.88. The van der Waals surface area contributed by atoms with Gasteiger partial charge < -0.3 is 14.9 Å². The Hall–Kier alpha value is -0.910. The molecule has 0 fully saturated rings. The normalized spacial score (nSPS) is 9.53. The van der Waals surface area contributed by atoms with Gasteiger partial charge in [-0.3, -0.25) is 4.90 Å². The maximum absolute atomic E-state index is 11.0. The zero-order chi connectivity index (χ0) is 13.7. The Labute approximate surface area is 104 Å². The van der Waals surface area contributed by atoms with E-state index in [1.165, 1.54) is 0 Å². The lowest BCUT2D eigenvalue weighted by molar-refractivity contribution is -0.139. The summed E-state index contributed by atoms with van der Waals surface area (Å²) in [5.74, 6) is -0.414. The van der Waals surface area contributed by atoms with Crippen molar-refractivity contribution in [2.24, 2.45) is 0 Å². The van der Waals surface area contributed by atoms with Crippen LogP contribution in [0.25, 0.3) is 0 Å². The molecule has 0 spiro atoms. The van der Waals surface area contributed by atoms with Gasteiger partial charge in [0, 0.05) is 25.2 Å². The number of ether oxygens (including phenoxy) is 1. The zero-order valence-corrected chi connectivity index (χ0v) is 11.1. The number of esters is 1. The van der Waals surface area contributed by atoms with E-state index in [4.69, 9.17) is 14.9 Å². The second kappa shape index (κ2) is 13.2. The summed E-state index contributed by atoms with van der Waals surface area (Å²) in [5.41, 5.74) is 0.367. The lowest BCUT2D eigenvalue weighted by Crippen LogP contribution is -2.33. The second-order valence-electron chi connectivity index (χ2n) is 3.21. The first kappa shape index (κ1) is 18.5. The Balaban J connectivity index is 0. The largest absolute Gasteiger partial charge is 0.461 e. The molecule has 0 aromatic rings. The molecule has 102 valence electrons. The summed E-state index contributed by atoms with van der Waals surface area (Å²) in [5, 5.41) is 17.4. The summed E-state index contributed by atoms with van der Waals surface area (Å²) in [6.07, 6.45) is 0. The van der Waals surface area contributed by atoms with Crippen LogP contribution in [0.5, 0.6) is 0 Å². The van der Waals surface area contributed by atoms with E-state index in [1.807, 2.05) is 18.7 Å². The molecule has 0 rings (SSSR count). The van der Waals surface area contributed by atoms with Crippen LogP contribution >= 0.6 is 0 Å². The van der Waals surface area contributed by atoms with Crippen LogP contribution in [-0.4, -0.2) is 60.5 Å². The monoisotopic (exact) mass is 247 g/mol. The number of hydrogen-bond donors (Lipinski definition) is 2. The zero-order valence-electron chi connectivity index (χ0n) is 11.1. The van der Waals surface area contributed by atoms with Crippen LogP contribution in [0.3, 0.4) is 0 Å². The fourth-order valence-electron chi connectivity index (χ4n) is 1.01. The molecular weight excluding hydrogens is 222 g/mol. The molecule has 2 N–H and O–H groups in total. The molecule has 0 aliphatic rings. The van der Waals surface area contributed by atoms with E-state index < -0.39 is 5.97 Å². The maximum Gasteiger partial charge on any atom is 0.333 e. The minimum Gasteiger partial charge on any atom is -0.461 e. The van der Waals surface area contributed by atoms with Gasteiger partial charge in [0.25, 0.3) is 0 Å². The lowest BCUT2D eigenvalue weighted by Gasteiger charge is -2.19. The van der Waals surface area contributed by atoms with Crippen molar-refractivity contribution in [3.05, 3.63) is 12.2 Å². The van der Waals surface area contributed by atoms with Gasteiger partial charge in [0.15, 0.2) is 0 Å². The van der Waals surface area contributed by atoms with Gasteiger partial charge in [0.05, 0.1) is 13.2 Å². The van der Waals surface area contributed by atoms with Crippen LogP contribution in [0, 0.1) is 0 Å². The predicted molar refractivity (Wildman–Crippen MR) is 67.7 cm³/mol. The molecule has 0 bridgehead atoms. The number of hydrogen-bond acceptors (Lipinski definition) is 5. The summed E-state index contributed by atoms with van der Waals surface area (Å²) in [6, 6.07) is 0. The van der Waals surface area contributed by atoms with Gasteiger partial charge >= 0.3 is 5.97 Å². The highest BCUT2D eigenvalue weighted by Crippen LogP contribution is 1.93. The summed E-state index contributed by atoms with van der Waals surface area (Å²) in [4.78, 5) is 12.8. The summed E-state index contributed by atoms with van der Waals surface area (Å²) in [7, 11) is 0. The van der Waals surface area contributed by atoms with Gasteiger partial charge in [-0.1, -0.05) is 20.4 Å². The number of carbonyl (C=O) groups is 1. The van der Waals surface area contributed by atoms with Crippen LogP contribution in [0.2, 0.25) is 0 Å². The molecule has 0 atom stereocenters. The van der Waals surface area contributed by atoms with Crippen molar-refractivity contribution in [2.75, 3.05) is 39.5 Å². The van der Waals surface area contributed by atoms with Crippen molar-refractivity contribution in [2.45, 2.75) is 20.8 Å². The molecule has 5 nitrogen and oxygen atoms in total. The molecule has 0 unspecified atom stereocenters. The molecule has 0 heterocycles. The van der Waals surface area contributed by atoms with Gasteiger partial charge in [-0.15, -0.1) is 0 Å². The number of carbonyl (C=O) groups excluding carboxylic acids is 1. The molecule has 0 aliphatic heterocycles. The van der Waals surface area contributed by atoms with Gasteiger partial charge in [-0.25, -0.2) is 4.79 Å². The van der Waals surface area contributed by atoms with Crippen molar-refractivity contribution >= 4 is 5.97 Å². The minimum atomic E-state index is -0.414. The first-order chi connectivity index (χ1) is 8.11. The molecule has 0 saturated carbocycles. The molecule has 0 radical (unpaired) electrons. The summed E-state index contributed by atoms with van der Waals surface area (Å²) >= 11 is 0. The van der Waals surface area contributed by atoms with Gasteiger partial charge in [0.2, 0.25) is 0 Å². The Kier molecular flexibility index (Phi) is 14.3.